The number of aliphatic hydroxyl groups excluding tert-OH is 1. The van der Waals surface area contributed by atoms with Crippen molar-refractivity contribution in [3.8, 4) is 0 Å². The fraction of sp³-hybridized carbons (Fsp3) is 0.750. The topological polar surface area (TPSA) is 45.6 Å². The van der Waals surface area contributed by atoms with Crippen molar-refractivity contribution in [2.24, 2.45) is 0 Å². The minimum absolute atomic E-state index is 0.397. The largest absolute Gasteiger partial charge is 0.389 e. The Labute approximate surface area is 107 Å². The molecule has 17 heavy (non-hydrogen) atoms. The maximum absolute atomic E-state index is 9.56. The number of thiazole rings is 1. The molecule has 5 heteroatoms. The molecule has 0 bridgehead atoms. The number of rotatable bonds is 8. The second-order valence-electron chi connectivity index (χ2n) is 4.33. The Morgan fingerprint density at radius 2 is 2.35 bits per heavy atom. The Bertz CT molecular complexity index is 317. The highest BCUT2D eigenvalue weighted by Gasteiger charge is 2.07. The lowest BCUT2D eigenvalue weighted by atomic mass is 10.2. The lowest BCUT2D eigenvalue weighted by Crippen LogP contribution is -2.32. The third kappa shape index (κ3) is 6.12. The number of aliphatic hydroxyl groups is 1. The summed E-state index contributed by atoms with van der Waals surface area (Å²) in [5.74, 6) is 0. The number of aryl methyl sites for hydroxylation is 2. The maximum Gasteiger partial charge on any atom is 0.0899 e. The molecule has 0 fully saturated rings. The molecule has 1 atom stereocenters. The third-order valence-corrected chi connectivity index (χ3v) is 3.34. The number of aromatic nitrogens is 1. The van der Waals surface area contributed by atoms with E-state index in [2.05, 4.69) is 15.3 Å². The number of nitrogens with zero attached hydrogens (tertiary/aromatic N) is 2. The van der Waals surface area contributed by atoms with Crippen LogP contribution in [0.3, 0.4) is 0 Å². The summed E-state index contributed by atoms with van der Waals surface area (Å²) in [5, 5.41) is 12.8. The van der Waals surface area contributed by atoms with Crippen LogP contribution in [-0.2, 0) is 11.2 Å². The molecule has 1 aromatic rings. The number of hydrogen-bond acceptors (Lipinski definition) is 5. The van der Waals surface area contributed by atoms with Gasteiger partial charge in [0.05, 0.1) is 23.4 Å². The maximum atomic E-state index is 9.56. The first-order valence-electron chi connectivity index (χ1n) is 5.88. The van der Waals surface area contributed by atoms with Gasteiger partial charge in [-0.25, -0.2) is 4.98 Å². The molecule has 0 aromatic carbocycles. The predicted octanol–water partition coefficient (Wildman–Crippen LogP) is 1.32. The van der Waals surface area contributed by atoms with Crippen molar-refractivity contribution in [2.45, 2.75) is 25.9 Å². The van der Waals surface area contributed by atoms with Gasteiger partial charge in [0.2, 0.25) is 0 Å². The Morgan fingerprint density at radius 3 is 2.94 bits per heavy atom. The zero-order valence-corrected chi connectivity index (χ0v) is 11.7. The second kappa shape index (κ2) is 7.76. The van der Waals surface area contributed by atoms with Gasteiger partial charge in [-0.15, -0.1) is 11.3 Å². The van der Waals surface area contributed by atoms with Crippen LogP contribution in [0, 0.1) is 6.92 Å². The first-order valence-corrected chi connectivity index (χ1v) is 6.76. The summed E-state index contributed by atoms with van der Waals surface area (Å²) >= 11 is 1.70. The lowest BCUT2D eigenvalue weighted by molar-refractivity contribution is 0.0431. The summed E-state index contributed by atoms with van der Waals surface area (Å²) in [4.78, 5) is 6.56. The van der Waals surface area contributed by atoms with Crippen LogP contribution in [0.1, 0.15) is 17.1 Å². The fourth-order valence-electron chi connectivity index (χ4n) is 1.75. The van der Waals surface area contributed by atoms with Crippen LogP contribution in [0.5, 0.6) is 0 Å². The Kier molecular flexibility index (Phi) is 6.65. The van der Waals surface area contributed by atoms with E-state index in [0.717, 1.165) is 24.4 Å². The molecule has 1 heterocycles. The Hall–Kier alpha value is -0.490. The van der Waals surface area contributed by atoms with Crippen molar-refractivity contribution in [1.82, 2.24) is 9.88 Å². The highest BCUT2D eigenvalue weighted by atomic mass is 32.1. The number of hydrogen-bond donors (Lipinski definition) is 1. The van der Waals surface area contributed by atoms with Crippen LogP contribution in [0.2, 0.25) is 0 Å². The average molecular weight is 258 g/mol. The molecule has 98 valence electrons. The van der Waals surface area contributed by atoms with Crippen LogP contribution < -0.4 is 0 Å². The molecule has 1 aromatic heterocycles. The summed E-state index contributed by atoms with van der Waals surface area (Å²) in [6.45, 7) is 4.05. The van der Waals surface area contributed by atoms with Crippen molar-refractivity contribution in [3.63, 3.8) is 0 Å². The molecule has 0 amide bonds. The summed E-state index contributed by atoms with van der Waals surface area (Å²) < 4.78 is 4.90. The van der Waals surface area contributed by atoms with Crippen molar-refractivity contribution < 1.29 is 9.84 Å². The second-order valence-corrected chi connectivity index (χ2v) is 5.40. The first-order chi connectivity index (χ1) is 8.11. The zero-order valence-electron chi connectivity index (χ0n) is 10.8. The normalized spacial score (nSPS) is 13.2. The van der Waals surface area contributed by atoms with E-state index < -0.39 is 6.10 Å². The molecule has 0 aliphatic rings. The molecule has 1 rings (SSSR count). The van der Waals surface area contributed by atoms with Gasteiger partial charge in [-0.1, -0.05) is 0 Å². The molecular weight excluding hydrogens is 236 g/mol. The highest BCUT2D eigenvalue weighted by molar-refractivity contribution is 7.09. The molecule has 4 nitrogen and oxygen atoms in total. The van der Waals surface area contributed by atoms with Crippen LogP contribution in [-0.4, -0.2) is 54.9 Å². The van der Waals surface area contributed by atoms with Gasteiger partial charge in [0.1, 0.15) is 0 Å². The summed E-state index contributed by atoms with van der Waals surface area (Å²) in [5.41, 5.74) is 1.18. The van der Waals surface area contributed by atoms with Gasteiger partial charge in [0.15, 0.2) is 0 Å². The third-order valence-electron chi connectivity index (χ3n) is 2.52. The van der Waals surface area contributed by atoms with Gasteiger partial charge in [-0.2, -0.15) is 0 Å². The van der Waals surface area contributed by atoms with Crippen molar-refractivity contribution in [2.75, 3.05) is 33.9 Å². The quantitative estimate of drug-likeness (QED) is 0.764. The van der Waals surface area contributed by atoms with Gasteiger partial charge < -0.3 is 14.7 Å². The van der Waals surface area contributed by atoms with E-state index in [-0.39, 0.29) is 0 Å². The lowest BCUT2D eigenvalue weighted by Gasteiger charge is -2.19. The molecule has 0 aliphatic carbocycles. The predicted molar refractivity (Wildman–Crippen MR) is 70.6 cm³/mol. The molecular formula is C12H22N2O2S. The van der Waals surface area contributed by atoms with Gasteiger partial charge in [-0.05, 0) is 33.4 Å². The summed E-state index contributed by atoms with van der Waals surface area (Å²) in [6.07, 6.45) is 1.68. The monoisotopic (exact) mass is 258 g/mol. The van der Waals surface area contributed by atoms with E-state index in [9.17, 15) is 5.11 Å². The van der Waals surface area contributed by atoms with Crippen molar-refractivity contribution >= 4 is 11.3 Å². The summed E-state index contributed by atoms with van der Waals surface area (Å²) in [7, 11) is 3.62. The van der Waals surface area contributed by atoms with Crippen LogP contribution in [0.25, 0.3) is 0 Å². The molecule has 0 spiro atoms. The van der Waals surface area contributed by atoms with Gasteiger partial charge in [0.25, 0.3) is 0 Å². The average Bonchev–Trinajstić information content (AvgIpc) is 2.64. The van der Waals surface area contributed by atoms with Gasteiger partial charge in [-0.3, -0.25) is 0 Å². The molecule has 0 radical (unpaired) electrons. The van der Waals surface area contributed by atoms with E-state index in [4.69, 9.17) is 4.74 Å². The van der Waals surface area contributed by atoms with E-state index >= 15 is 0 Å². The van der Waals surface area contributed by atoms with E-state index in [1.807, 2.05) is 14.0 Å². The van der Waals surface area contributed by atoms with Gasteiger partial charge >= 0.3 is 0 Å². The van der Waals surface area contributed by atoms with Crippen LogP contribution in [0.4, 0.5) is 0 Å². The molecule has 0 saturated carbocycles. The Balaban J connectivity index is 2.13. The van der Waals surface area contributed by atoms with E-state index in [0.29, 0.717) is 13.2 Å². The SMILES string of the molecule is COCC(O)CN(C)CCCc1csc(C)n1. The molecule has 1 unspecified atom stereocenters. The fourth-order valence-corrected chi connectivity index (χ4v) is 2.40. The zero-order chi connectivity index (χ0) is 12.7. The van der Waals surface area contributed by atoms with Crippen LogP contribution in [0.15, 0.2) is 5.38 Å². The first kappa shape index (κ1) is 14.6. The number of likely N-dealkylation sites (N-methyl/N-ethyl adjacent to an activating group) is 1. The number of ether oxygens (including phenoxy) is 1. The molecule has 0 saturated heterocycles. The van der Waals surface area contributed by atoms with E-state index in [1.165, 1.54) is 5.69 Å². The Morgan fingerprint density at radius 1 is 1.59 bits per heavy atom. The van der Waals surface area contributed by atoms with Crippen LogP contribution >= 0.6 is 11.3 Å². The van der Waals surface area contributed by atoms with Crippen molar-refractivity contribution in [1.29, 1.82) is 0 Å². The number of methoxy groups -OCH3 is 1. The standard InChI is InChI=1S/C12H22N2O2S/c1-10-13-11(9-17-10)5-4-6-14(2)7-12(15)8-16-3/h9,12,15H,4-8H2,1-3H3. The minimum Gasteiger partial charge on any atom is -0.389 e. The highest BCUT2D eigenvalue weighted by Crippen LogP contribution is 2.09. The minimum atomic E-state index is -0.397. The molecule has 1 N–H and O–H groups in total. The summed E-state index contributed by atoms with van der Waals surface area (Å²) in [6, 6.07) is 0. The van der Waals surface area contributed by atoms with Gasteiger partial charge in [0, 0.05) is 19.0 Å². The smallest absolute Gasteiger partial charge is 0.0899 e. The van der Waals surface area contributed by atoms with Crippen molar-refractivity contribution in [3.05, 3.63) is 16.1 Å². The van der Waals surface area contributed by atoms with E-state index in [1.54, 1.807) is 18.4 Å². The molecule has 0 aliphatic heterocycles.